The van der Waals surface area contributed by atoms with Crippen molar-refractivity contribution in [3.05, 3.63) is 64.7 Å². The van der Waals surface area contributed by atoms with E-state index in [0.717, 1.165) is 0 Å². The minimum atomic E-state index is -0.346. The molecule has 6 heteroatoms. The van der Waals surface area contributed by atoms with Gasteiger partial charge in [-0.05, 0) is 30.3 Å². The summed E-state index contributed by atoms with van der Waals surface area (Å²) in [5, 5.41) is 7.15. The molecule has 2 rings (SSSR count). The standard InChI is InChI=1S/C17H16ClN3O2/c1-2-16(22)20-14-9-7-12(8-10-14)17(23)21-19-11-13-5-3-4-6-15(13)18/h3-11H,2H2,1H3,(H,20,22)(H,21,23)/b19-11+. The summed E-state index contributed by atoms with van der Waals surface area (Å²) in [5.41, 5.74) is 4.23. The first kappa shape index (κ1) is 16.7. The van der Waals surface area contributed by atoms with Crippen LogP contribution in [0.1, 0.15) is 29.3 Å². The Kier molecular flexibility index (Phi) is 5.88. The molecule has 118 valence electrons. The molecule has 2 amide bonds. The van der Waals surface area contributed by atoms with Crippen molar-refractivity contribution in [1.29, 1.82) is 0 Å². The predicted molar refractivity (Wildman–Crippen MR) is 91.9 cm³/mol. The number of hydrogen-bond acceptors (Lipinski definition) is 3. The van der Waals surface area contributed by atoms with Gasteiger partial charge in [-0.3, -0.25) is 9.59 Å². The highest BCUT2D eigenvalue weighted by Gasteiger charge is 2.05. The van der Waals surface area contributed by atoms with Gasteiger partial charge in [-0.1, -0.05) is 36.7 Å². The van der Waals surface area contributed by atoms with E-state index < -0.39 is 0 Å². The molecule has 2 aromatic rings. The molecule has 0 aliphatic heterocycles. The molecule has 0 heterocycles. The lowest BCUT2D eigenvalue weighted by atomic mass is 10.2. The second-order valence-corrected chi connectivity index (χ2v) is 5.11. The molecular weight excluding hydrogens is 314 g/mol. The fourth-order valence-corrected chi connectivity index (χ4v) is 1.94. The Morgan fingerprint density at radius 3 is 2.48 bits per heavy atom. The Bertz CT molecular complexity index is 727. The second-order valence-electron chi connectivity index (χ2n) is 4.70. The van der Waals surface area contributed by atoms with E-state index >= 15 is 0 Å². The highest BCUT2D eigenvalue weighted by atomic mass is 35.5. The van der Waals surface area contributed by atoms with Crippen molar-refractivity contribution in [2.24, 2.45) is 5.10 Å². The molecule has 0 atom stereocenters. The summed E-state index contributed by atoms with van der Waals surface area (Å²) in [4.78, 5) is 23.2. The van der Waals surface area contributed by atoms with Gasteiger partial charge >= 0.3 is 0 Å². The van der Waals surface area contributed by atoms with Crippen LogP contribution in [0.15, 0.2) is 53.6 Å². The average molecular weight is 330 g/mol. The summed E-state index contributed by atoms with van der Waals surface area (Å²) in [6, 6.07) is 13.8. The van der Waals surface area contributed by atoms with Crippen LogP contribution in [0.4, 0.5) is 5.69 Å². The summed E-state index contributed by atoms with van der Waals surface area (Å²) in [6.07, 6.45) is 1.88. The van der Waals surface area contributed by atoms with Gasteiger partial charge in [0.2, 0.25) is 5.91 Å². The minimum absolute atomic E-state index is 0.0773. The highest BCUT2D eigenvalue weighted by Crippen LogP contribution is 2.12. The highest BCUT2D eigenvalue weighted by molar-refractivity contribution is 6.33. The SMILES string of the molecule is CCC(=O)Nc1ccc(C(=O)N/N=C/c2ccccc2Cl)cc1. The van der Waals surface area contributed by atoms with Crippen LogP contribution >= 0.6 is 11.6 Å². The minimum Gasteiger partial charge on any atom is -0.326 e. The van der Waals surface area contributed by atoms with E-state index in [1.807, 2.05) is 12.1 Å². The third-order valence-corrected chi connectivity index (χ3v) is 3.37. The summed E-state index contributed by atoms with van der Waals surface area (Å²) < 4.78 is 0. The number of hydrogen-bond donors (Lipinski definition) is 2. The maximum atomic E-state index is 12.0. The number of anilines is 1. The monoisotopic (exact) mass is 329 g/mol. The third-order valence-electron chi connectivity index (χ3n) is 3.03. The lowest BCUT2D eigenvalue weighted by Gasteiger charge is -2.04. The van der Waals surface area contributed by atoms with Crippen LogP contribution in [0.5, 0.6) is 0 Å². The first-order chi connectivity index (χ1) is 11.1. The zero-order valence-corrected chi connectivity index (χ0v) is 13.3. The van der Waals surface area contributed by atoms with E-state index in [4.69, 9.17) is 11.6 Å². The van der Waals surface area contributed by atoms with Crippen LogP contribution in [0, 0.1) is 0 Å². The lowest BCUT2D eigenvalue weighted by molar-refractivity contribution is -0.115. The van der Waals surface area contributed by atoms with Gasteiger partial charge in [0.05, 0.1) is 6.21 Å². The number of nitrogens with zero attached hydrogens (tertiary/aromatic N) is 1. The molecule has 0 unspecified atom stereocenters. The molecule has 0 spiro atoms. The molecule has 0 aliphatic rings. The molecule has 5 nitrogen and oxygen atoms in total. The van der Waals surface area contributed by atoms with Crippen LogP contribution < -0.4 is 10.7 Å². The van der Waals surface area contributed by atoms with Crippen LogP contribution in [0.2, 0.25) is 5.02 Å². The van der Waals surface area contributed by atoms with Crippen molar-refractivity contribution in [2.45, 2.75) is 13.3 Å². The average Bonchev–Trinajstić information content (AvgIpc) is 2.57. The second kappa shape index (κ2) is 8.10. The Hall–Kier alpha value is -2.66. The quantitative estimate of drug-likeness (QED) is 0.651. The van der Waals surface area contributed by atoms with Crippen molar-refractivity contribution in [2.75, 3.05) is 5.32 Å². The van der Waals surface area contributed by atoms with Gasteiger partial charge in [-0.2, -0.15) is 5.10 Å². The Morgan fingerprint density at radius 1 is 1.13 bits per heavy atom. The maximum Gasteiger partial charge on any atom is 0.271 e. The third kappa shape index (κ3) is 4.93. The summed E-state index contributed by atoms with van der Waals surface area (Å²) in [7, 11) is 0. The van der Waals surface area contributed by atoms with Crippen molar-refractivity contribution < 1.29 is 9.59 Å². The van der Waals surface area contributed by atoms with Crippen molar-refractivity contribution in [3.63, 3.8) is 0 Å². The molecule has 0 aliphatic carbocycles. The summed E-state index contributed by atoms with van der Waals surface area (Å²) in [6.45, 7) is 1.77. The molecule has 0 radical (unpaired) electrons. The van der Waals surface area contributed by atoms with Crippen LogP contribution in [-0.2, 0) is 4.79 Å². The molecule has 0 bridgehead atoms. The molecule has 23 heavy (non-hydrogen) atoms. The van der Waals surface area contributed by atoms with E-state index in [9.17, 15) is 9.59 Å². The van der Waals surface area contributed by atoms with Gasteiger partial charge < -0.3 is 5.32 Å². The smallest absolute Gasteiger partial charge is 0.271 e. The Balaban J connectivity index is 1.96. The van der Waals surface area contributed by atoms with Gasteiger partial charge in [0.1, 0.15) is 0 Å². The van der Waals surface area contributed by atoms with E-state index in [1.54, 1.807) is 43.3 Å². The first-order valence-electron chi connectivity index (χ1n) is 7.08. The molecule has 0 saturated heterocycles. The van der Waals surface area contributed by atoms with Crippen molar-refractivity contribution >= 4 is 35.3 Å². The number of benzene rings is 2. The van der Waals surface area contributed by atoms with Gasteiger partial charge in [-0.15, -0.1) is 0 Å². The topological polar surface area (TPSA) is 70.6 Å². The number of amides is 2. The van der Waals surface area contributed by atoms with E-state index in [-0.39, 0.29) is 11.8 Å². The lowest BCUT2D eigenvalue weighted by Crippen LogP contribution is -2.17. The zero-order chi connectivity index (χ0) is 16.7. The normalized spacial score (nSPS) is 10.5. The first-order valence-corrected chi connectivity index (χ1v) is 7.46. The van der Waals surface area contributed by atoms with Gasteiger partial charge in [0, 0.05) is 28.3 Å². The number of halogens is 1. The fourth-order valence-electron chi connectivity index (χ4n) is 1.76. The fraction of sp³-hybridized carbons (Fsp3) is 0.118. The number of hydrazone groups is 1. The van der Waals surface area contributed by atoms with E-state index in [1.165, 1.54) is 6.21 Å². The Labute approximate surface area is 139 Å². The largest absolute Gasteiger partial charge is 0.326 e. The van der Waals surface area contributed by atoms with E-state index in [2.05, 4.69) is 15.8 Å². The van der Waals surface area contributed by atoms with Crippen LogP contribution in [0.25, 0.3) is 0 Å². The number of carbonyl (C=O) groups excluding carboxylic acids is 2. The Morgan fingerprint density at radius 2 is 1.83 bits per heavy atom. The van der Waals surface area contributed by atoms with Crippen molar-refractivity contribution in [3.8, 4) is 0 Å². The molecule has 0 aromatic heterocycles. The summed E-state index contributed by atoms with van der Waals surface area (Å²) in [5.74, 6) is -0.423. The molecule has 2 aromatic carbocycles. The molecular formula is C17H16ClN3O2. The molecule has 2 N–H and O–H groups in total. The molecule has 0 saturated carbocycles. The van der Waals surface area contributed by atoms with Gasteiger partial charge in [0.15, 0.2) is 0 Å². The maximum absolute atomic E-state index is 12.0. The molecule has 0 fully saturated rings. The van der Waals surface area contributed by atoms with E-state index in [0.29, 0.717) is 28.3 Å². The predicted octanol–water partition coefficient (Wildman–Crippen LogP) is 3.45. The van der Waals surface area contributed by atoms with Gasteiger partial charge in [0.25, 0.3) is 5.91 Å². The van der Waals surface area contributed by atoms with Crippen LogP contribution in [-0.4, -0.2) is 18.0 Å². The zero-order valence-electron chi connectivity index (χ0n) is 12.5. The summed E-state index contributed by atoms with van der Waals surface area (Å²) >= 11 is 5.99. The number of carbonyl (C=O) groups is 2. The van der Waals surface area contributed by atoms with Crippen LogP contribution in [0.3, 0.4) is 0 Å². The van der Waals surface area contributed by atoms with Gasteiger partial charge in [-0.25, -0.2) is 5.43 Å². The number of rotatable bonds is 5. The van der Waals surface area contributed by atoms with Crippen molar-refractivity contribution in [1.82, 2.24) is 5.43 Å². The number of nitrogens with one attached hydrogen (secondary N) is 2.